The maximum Gasteiger partial charge on any atom is 0.214 e. The van der Waals surface area contributed by atoms with Crippen molar-refractivity contribution in [1.82, 2.24) is 15.2 Å². The maximum atomic E-state index is 11.4. The fourth-order valence-corrected chi connectivity index (χ4v) is 2.88. The van der Waals surface area contributed by atoms with E-state index in [-0.39, 0.29) is 5.78 Å². The van der Waals surface area contributed by atoms with Crippen molar-refractivity contribution in [1.29, 1.82) is 0 Å². The minimum Gasteiger partial charge on any atom is -0.296 e. The molecule has 2 aromatic heterocycles. The Hall–Kier alpha value is -2.60. The fraction of sp³-hybridized carbons (Fsp3) is 0.176. The first-order valence-electron chi connectivity index (χ1n) is 7.22. The van der Waals surface area contributed by atoms with Crippen LogP contribution in [-0.4, -0.2) is 21.0 Å². The summed E-state index contributed by atoms with van der Waals surface area (Å²) in [5.74, 6) is 0.886. The Balaban J connectivity index is 1.91. The van der Waals surface area contributed by atoms with Gasteiger partial charge in [-0.3, -0.25) is 9.69 Å². The van der Waals surface area contributed by atoms with Gasteiger partial charge in [0.1, 0.15) is 10.8 Å². The van der Waals surface area contributed by atoms with E-state index in [9.17, 15) is 4.79 Å². The second-order valence-electron chi connectivity index (χ2n) is 5.13. The molecule has 0 saturated heterocycles. The lowest BCUT2D eigenvalue weighted by Crippen LogP contribution is -2.17. The molecule has 0 aliphatic carbocycles. The van der Waals surface area contributed by atoms with Gasteiger partial charge in [-0.15, -0.1) is 10.2 Å². The van der Waals surface area contributed by atoms with Gasteiger partial charge in [0.2, 0.25) is 5.13 Å². The second kappa shape index (κ2) is 6.66. The number of carbonyl (C=O) groups excluding carboxylic acids is 1. The van der Waals surface area contributed by atoms with Crippen molar-refractivity contribution < 1.29 is 4.79 Å². The summed E-state index contributed by atoms with van der Waals surface area (Å²) in [6.45, 7) is 4.11. The number of hydrogen-bond donors (Lipinski definition) is 0. The first-order valence-corrected chi connectivity index (χ1v) is 8.03. The monoisotopic (exact) mass is 324 g/mol. The minimum atomic E-state index is 0.0675. The number of Topliss-reactive ketones (excluding diaryl/α,β-unsaturated/α-hetero) is 1. The van der Waals surface area contributed by atoms with Crippen LogP contribution in [0, 0.1) is 6.92 Å². The molecule has 0 fully saturated rings. The summed E-state index contributed by atoms with van der Waals surface area (Å²) in [6.07, 6.45) is 1.76. The predicted octanol–water partition coefficient (Wildman–Crippen LogP) is 3.78. The van der Waals surface area contributed by atoms with Gasteiger partial charge in [-0.2, -0.15) is 0 Å². The number of hydrogen-bond acceptors (Lipinski definition) is 6. The van der Waals surface area contributed by atoms with Crippen LogP contribution < -0.4 is 4.90 Å². The molecule has 0 atom stereocenters. The quantitative estimate of drug-likeness (QED) is 0.668. The third-order valence-electron chi connectivity index (χ3n) is 3.37. The molecule has 0 aliphatic heterocycles. The van der Waals surface area contributed by atoms with Crippen LogP contribution >= 0.6 is 11.3 Å². The molecule has 0 unspecified atom stereocenters. The molecule has 1 aromatic carbocycles. The maximum absolute atomic E-state index is 11.4. The summed E-state index contributed by atoms with van der Waals surface area (Å²) in [5, 5.41) is 10.0. The van der Waals surface area contributed by atoms with Gasteiger partial charge >= 0.3 is 0 Å². The number of carbonyl (C=O) groups is 1. The molecule has 0 N–H and O–H groups in total. The highest BCUT2D eigenvalue weighted by Gasteiger charge is 2.15. The van der Waals surface area contributed by atoms with Gasteiger partial charge in [0.05, 0.1) is 6.54 Å². The van der Waals surface area contributed by atoms with Crippen molar-refractivity contribution in [2.45, 2.75) is 20.4 Å². The highest BCUT2D eigenvalue weighted by atomic mass is 32.1. The summed E-state index contributed by atoms with van der Waals surface area (Å²) in [4.78, 5) is 17.8. The number of aromatic nitrogens is 3. The smallest absolute Gasteiger partial charge is 0.214 e. The van der Waals surface area contributed by atoms with Crippen molar-refractivity contribution in [2.24, 2.45) is 0 Å². The normalized spacial score (nSPS) is 10.5. The van der Waals surface area contributed by atoms with Crippen LogP contribution in [0.4, 0.5) is 10.9 Å². The number of anilines is 2. The molecular weight excluding hydrogens is 308 g/mol. The topological polar surface area (TPSA) is 59.0 Å². The summed E-state index contributed by atoms with van der Waals surface area (Å²) in [7, 11) is 0. The van der Waals surface area contributed by atoms with Crippen molar-refractivity contribution in [3.63, 3.8) is 0 Å². The number of rotatable bonds is 5. The molecule has 23 heavy (non-hydrogen) atoms. The van der Waals surface area contributed by atoms with Gasteiger partial charge < -0.3 is 0 Å². The van der Waals surface area contributed by atoms with E-state index in [2.05, 4.69) is 15.2 Å². The Labute approximate surface area is 138 Å². The van der Waals surface area contributed by atoms with Crippen LogP contribution in [-0.2, 0) is 6.54 Å². The Kier molecular flexibility index (Phi) is 4.43. The molecule has 5 nitrogen and oxygen atoms in total. The lowest BCUT2D eigenvalue weighted by atomic mass is 10.1. The molecule has 6 heteroatoms. The zero-order chi connectivity index (χ0) is 16.2. The second-order valence-corrected chi connectivity index (χ2v) is 6.29. The van der Waals surface area contributed by atoms with Crippen molar-refractivity contribution in [3.8, 4) is 0 Å². The third kappa shape index (κ3) is 3.60. The van der Waals surface area contributed by atoms with Crippen LogP contribution in [0.1, 0.15) is 27.9 Å². The Morgan fingerprint density at radius 1 is 1.13 bits per heavy atom. The van der Waals surface area contributed by atoms with Crippen molar-refractivity contribution in [3.05, 3.63) is 64.8 Å². The van der Waals surface area contributed by atoms with E-state index < -0.39 is 0 Å². The summed E-state index contributed by atoms with van der Waals surface area (Å²) >= 11 is 1.53. The predicted molar refractivity (Wildman–Crippen MR) is 91.2 cm³/mol. The van der Waals surface area contributed by atoms with Gasteiger partial charge in [-0.1, -0.05) is 41.7 Å². The number of aryl methyl sites for hydroxylation is 1. The largest absolute Gasteiger partial charge is 0.296 e. The molecular formula is C17H16N4OS. The molecule has 3 aromatic rings. The van der Waals surface area contributed by atoms with E-state index >= 15 is 0 Å². The van der Waals surface area contributed by atoms with E-state index in [1.165, 1.54) is 11.3 Å². The molecule has 0 bridgehead atoms. The van der Waals surface area contributed by atoms with Gasteiger partial charge in [0.25, 0.3) is 0 Å². The van der Waals surface area contributed by atoms with Crippen LogP contribution in [0.5, 0.6) is 0 Å². The van der Waals surface area contributed by atoms with Gasteiger partial charge in [-0.05, 0) is 31.5 Å². The van der Waals surface area contributed by atoms with Crippen LogP contribution in [0.3, 0.4) is 0 Å². The minimum absolute atomic E-state index is 0.0675. The molecule has 3 rings (SSSR count). The number of nitrogens with zero attached hydrogens (tertiary/aromatic N) is 4. The Bertz CT molecular complexity index is 799. The average molecular weight is 324 g/mol. The van der Waals surface area contributed by atoms with Gasteiger partial charge in [0.15, 0.2) is 5.78 Å². The lowest BCUT2D eigenvalue weighted by molar-refractivity contribution is 0.101. The van der Waals surface area contributed by atoms with Crippen LogP contribution in [0.25, 0.3) is 0 Å². The lowest BCUT2D eigenvalue weighted by Gasteiger charge is -2.20. The first-order chi connectivity index (χ1) is 11.1. The molecule has 0 radical (unpaired) electrons. The standard InChI is InChI=1S/C17H16N4OS/c1-12(22)15-8-6-14(7-9-15)11-21(16-5-3-4-10-18-16)17-20-19-13(2)23-17/h3-10H,11H2,1-2H3. The van der Waals surface area contributed by atoms with Crippen molar-refractivity contribution in [2.75, 3.05) is 4.90 Å². The molecule has 116 valence electrons. The molecule has 0 saturated carbocycles. The first kappa shape index (κ1) is 15.3. The third-order valence-corrected chi connectivity index (χ3v) is 4.23. The summed E-state index contributed by atoms with van der Waals surface area (Å²) < 4.78 is 0. The zero-order valence-corrected chi connectivity index (χ0v) is 13.7. The highest BCUT2D eigenvalue weighted by molar-refractivity contribution is 7.15. The average Bonchev–Trinajstić information content (AvgIpc) is 3.00. The molecule has 2 heterocycles. The summed E-state index contributed by atoms with van der Waals surface area (Å²) in [6, 6.07) is 13.4. The number of benzene rings is 1. The van der Waals surface area contributed by atoms with E-state index in [0.29, 0.717) is 12.1 Å². The van der Waals surface area contributed by atoms with E-state index in [0.717, 1.165) is 21.5 Å². The Morgan fingerprint density at radius 2 is 1.91 bits per heavy atom. The fourth-order valence-electron chi connectivity index (χ4n) is 2.18. The SMILES string of the molecule is CC(=O)c1ccc(CN(c2ccccn2)c2nnc(C)s2)cc1. The van der Waals surface area contributed by atoms with Gasteiger partial charge in [0, 0.05) is 11.8 Å². The molecule has 0 amide bonds. The van der Waals surface area contributed by atoms with Crippen LogP contribution in [0.15, 0.2) is 48.7 Å². The van der Waals surface area contributed by atoms with Crippen LogP contribution in [0.2, 0.25) is 0 Å². The Morgan fingerprint density at radius 3 is 2.48 bits per heavy atom. The van der Waals surface area contributed by atoms with E-state index in [4.69, 9.17) is 0 Å². The van der Waals surface area contributed by atoms with Gasteiger partial charge in [-0.25, -0.2) is 4.98 Å². The number of pyridine rings is 1. The van der Waals surface area contributed by atoms with E-state index in [1.54, 1.807) is 13.1 Å². The molecule has 0 spiro atoms. The zero-order valence-electron chi connectivity index (χ0n) is 12.9. The van der Waals surface area contributed by atoms with E-state index in [1.807, 2.05) is 54.3 Å². The molecule has 0 aliphatic rings. The van der Waals surface area contributed by atoms with Crippen molar-refractivity contribution >= 4 is 28.1 Å². The summed E-state index contributed by atoms with van der Waals surface area (Å²) in [5.41, 5.74) is 1.79. The number of ketones is 1. The highest BCUT2D eigenvalue weighted by Crippen LogP contribution is 2.28.